The summed E-state index contributed by atoms with van der Waals surface area (Å²) in [7, 11) is 0. The smallest absolute Gasteiger partial charge is 0.372 e. The molecule has 0 saturated heterocycles. The maximum atomic E-state index is 13.1. The molecule has 0 radical (unpaired) electrons. The Balaban J connectivity index is 2.67. The number of alkyl halides is 3. The van der Waals surface area contributed by atoms with Crippen LogP contribution in [0.15, 0.2) is 18.2 Å². The molecule has 1 unspecified atom stereocenters. The molecule has 2 rings (SSSR count). The van der Waals surface area contributed by atoms with Gasteiger partial charge < -0.3 is 10.2 Å². The number of anilines is 2. The lowest BCUT2D eigenvalue weighted by Crippen LogP contribution is -2.49. The predicted octanol–water partition coefficient (Wildman–Crippen LogP) is 3.26. The third kappa shape index (κ3) is 2.27. The number of para-hydroxylation sites is 1. The van der Waals surface area contributed by atoms with Crippen molar-refractivity contribution in [1.29, 1.82) is 0 Å². The van der Waals surface area contributed by atoms with Gasteiger partial charge in [-0.3, -0.25) is 4.79 Å². The van der Waals surface area contributed by atoms with Gasteiger partial charge in [0.1, 0.15) is 6.04 Å². The van der Waals surface area contributed by atoms with Crippen LogP contribution in [0, 0.1) is 0 Å². The lowest BCUT2D eigenvalue weighted by atomic mass is 10.0. The summed E-state index contributed by atoms with van der Waals surface area (Å²) in [6, 6.07) is 3.04. The monoisotopic (exact) mass is 272 g/mol. The molecule has 6 heteroatoms. The zero-order valence-electron chi connectivity index (χ0n) is 10.9. The lowest BCUT2D eigenvalue weighted by molar-refractivity contribution is -0.137. The molecule has 104 valence electrons. The van der Waals surface area contributed by atoms with Crippen LogP contribution in [0.5, 0.6) is 0 Å². The minimum atomic E-state index is -4.49. The first-order valence-corrected chi connectivity index (χ1v) is 6.03. The summed E-state index contributed by atoms with van der Waals surface area (Å²) in [5.41, 5.74) is -0.518. The van der Waals surface area contributed by atoms with Crippen LogP contribution in [-0.4, -0.2) is 18.0 Å². The van der Waals surface area contributed by atoms with Crippen molar-refractivity contribution in [3.8, 4) is 0 Å². The van der Waals surface area contributed by atoms with Crippen molar-refractivity contribution in [3.05, 3.63) is 23.8 Å². The minimum Gasteiger partial charge on any atom is -0.372 e. The number of nitrogens with zero attached hydrogens (tertiary/aromatic N) is 1. The number of nitrogens with one attached hydrogen (secondary N) is 1. The van der Waals surface area contributed by atoms with Crippen molar-refractivity contribution < 1.29 is 18.0 Å². The molecule has 0 aliphatic carbocycles. The normalized spacial score (nSPS) is 19.4. The number of halogens is 3. The van der Waals surface area contributed by atoms with E-state index >= 15 is 0 Å². The Morgan fingerprint density at radius 1 is 1.32 bits per heavy atom. The highest BCUT2D eigenvalue weighted by molar-refractivity contribution is 6.06. The molecule has 1 heterocycles. The van der Waals surface area contributed by atoms with Crippen LogP contribution >= 0.6 is 0 Å². The first kappa shape index (κ1) is 13.7. The second-order valence-electron chi connectivity index (χ2n) is 4.87. The lowest BCUT2D eigenvalue weighted by Gasteiger charge is -2.38. The molecule has 0 fully saturated rings. The van der Waals surface area contributed by atoms with Crippen molar-refractivity contribution in [2.45, 2.75) is 39.0 Å². The van der Waals surface area contributed by atoms with E-state index in [1.165, 1.54) is 11.0 Å². The SMILES string of the molecule is CC1Nc2cccc(C(F)(F)F)c2N(C(C)C)C1=O. The van der Waals surface area contributed by atoms with Gasteiger partial charge in [0, 0.05) is 6.04 Å². The molecule has 1 aromatic rings. The van der Waals surface area contributed by atoms with E-state index in [0.717, 1.165) is 6.07 Å². The average molecular weight is 272 g/mol. The van der Waals surface area contributed by atoms with Gasteiger partial charge >= 0.3 is 6.18 Å². The second-order valence-corrected chi connectivity index (χ2v) is 4.87. The molecular formula is C13H15F3N2O. The standard InChI is InChI=1S/C13H15F3N2O/c1-7(2)18-11-9(13(14,15)16)5-4-6-10(11)17-8(3)12(18)19/h4-8,17H,1-3H3. The third-order valence-corrected chi connectivity index (χ3v) is 3.08. The number of benzene rings is 1. The second kappa shape index (κ2) is 4.43. The van der Waals surface area contributed by atoms with Crippen LogP contribution in [-0.2, 0) is 11.0 Å². The van der Waals surface area contributed by atoms with Gasteiger partial charge in [-0.05, 0) is 32.9 Å². The van der Waals surface area contributed by atoms with Gasteiger partial charge in [-0.25, -0.2) is 0 Å². The molecule has 0 saturated carbocycles. The summed E-state index contributed by atoms with van der Waals surface area (Å²) in [5, 5.41) is 2.82. The summed E-state index contributed by atoms with van der Waals surface area (Å²) >= 11 is 0. The molecule has 1 amide bonds. The minimum absolute atomic E-state index is 0.0758. The van der Waals surface area contributed by atoms with Gasteiger partial charge in [0.05, 0.1) is 16.9 Å². The summed E-state index contributed by atoms with van der Waals surface area (Å²) in [6.07, 6.45) is -4.49. The quantitative estimate of drug-likeness (QED) is 0.851. The molecule has 1 atom stereocenters. The van der Waals surface area contributed by atoms with Crippen molar-refractivity contribution in [3.63, 3.8) is 0 Å². The molecule has 1 aliphatic rings. The first-order chi connectivity index (χ1) is 8.73. The van der Waals surface area contributed by atoms with Gasteiger partial charge in [-0.1, -0.05) is 6.07 Å². The summed E-state index contributed by atoms with van der Waals surface area (Å²) < 4.78 is 39.2. The summed E-state index contributed by atoms with van der Waals surface area (Å²) in [5.74, 6) is -0.348. The number of rotatable bonds is 1. The van der Waals surface area contributed by atoms with E-state index in [1.807, 2.05) is 0 Å². The van der Waals surface area contributed by atoms with Crippen LogP contribution in [0.25, 0.3) is 0 Å². The average Bonchev–Trinajstić information content (AvgIpc) is 2.28. The van der Waals surface area contributed by atoms with Crippen LogP contribution in [0.1, 0.15) is 26.3 Å². The van der Waals surface area contributed by atoms with Crippen LogP contribution in [0.4, 0.5) is 24.5 Å². The number of carbonyl (C=O) groups is 1. The number of amides is 1. The first-order valence-electron chi connectivity index (χ1n) is 6.03. The predicted molar refractivity (Wildman–Crippen MR) is 67.2 cm³/mol. The molecule has 0 bridgehead atoms. The fourth-order valence-electron chi connectivity index (χ4n) is 2.27. The van der Waals surface area contributed by atoms with E-state index in [-0.39, 0.29) is 17.6 Å². The van der Waals surface area contributed by atoms with Crippen LogP contribution in [0.2, 0.25) is 0 Å². The summed E-state index contributed by atoms with van der Waals surface area (Å²) in [4.78, 5) is 13.3. The molecule has 19 heavy (non-hydrogen) atoms. The van der Waals surface area contributed by atoms with Crippen molar-refractivity contribution in [2.75, 3.05) is 10.2 Å². The third-order valence-electron chi connectivity index (χ3n) is 3.08. The highest BCUT2D eigenvalue weighted by atomic mass is 19.4. The highest BCUT2D eigenvalue weighted by Crippen LogP contribution is 2.43. The fraction of sp³-hybridized carbons (Fsp3) is 0.462. The van der Waals surface area contributed by atoms with Gasteiger partial charge in [0.15, 0.2) is 0 Å². The van der Waals surface area contributed by atoms with E-state index in [0.29, 0.717) is 5.69 Å². The van der Waals surface area contributed by atoms with E-state index in [9.17, 15) is 18.0 Å². The summed E-state index contributed by atoms with van der Waals surface area (Å²) in [6.45, 7) is 5.04. The maximum absolute atomic E-state index is 13.1. The van der Waals surface area contributed by atoms with Crippen molar-refractivity contribution in [1.82, 2.24) is 0 Å². The van der Waals surface area contributed by atoms with Crippen molar-refractivity contribution in [2.24, 2.45) is 0 Å². The van der Waals surface area contributed by atoms with Gasteiger partial charge in [-0.2, -0.15) is 13.2 Å². The van der Waals surface area contributed by atoms with Crippen molar-refractivity contribution >= 4 is 17.3 Å². The van der Waals surface area contributed by atoms with E-state index in [1.54, 1.807) is 26.8 Å². The maximum Gasteiger partial charge on any atom is 0.418 e. The van der Waals surface area contributed by atoms with Gasteiger partial charge in [-0.15, -0.1) is 0 Å². The number of hydrogen-bond donors (Lipinski definition) is 1. The van der Waals surface area contributed by atoms with E-state index in [4.69, 9.17) is 0 Å². The van der Waals surface area contributed by atoms with Crippen LogP contribution in [0.3, 0.4) is 0 Å². The Hall–Kier alpha value is -1.72. The number of carbonyl (C=O) groups excluding carboxylic acids is 1. The van der Waals surface area contributed by atoms with E-state index in [2.05, 4.69) is 5.32 Å². The zero-order valence-corrected chi connectivity index (χ0v) is 10.9. The Kier molecular flexibility index (Phi) is 3.20. The largest absolute Gasteiger partial charge is 0.418 e. The van der Waals surface area contributed by atoms with Gasteiger partial charge in [0.25, 0.3) is 0 Å². The van der Waals surface area contributed by atoms with Gasteiger partial charge in [0.2, 0.25) is 5.91 Å². The number of fused-ring (bicyclic) bond motifs is 1. The molecule has 1 aromatic carbocycles. The topological polar surface area (TPSA) is 32.3 Å². The molecule has 3 nitrogen and oxygen atoms in total. The molecule has 0 aromatic heterocycles. The Morgan fingerprint density at radius 3 is 2.47 bits per heavy atom. The number of hydrogen-bond acceptors (Lipinski definition) is 2. The molecule has 0 spiro atoms. The Labute approximate surface area is 109 Å². The molecule has 1 aliphatic heterocycles. The van der Waals surface area contributed by atoms with E-state index < -0.39 is 17.8 Å². The zero-order chi connectivity index (χ0) is 14.4. The van der Waals surface area contributed by atoms with Crippen LogP contribution < -0.4 is 10.2 Å². The molecular weight excluding hydrogens is 257 g/mol. The molecule has 1 N–H and O–H groups in total. The highest BCUT2D eigenvalue weighted by Gasteiger charge is 2.41. The fourth-order valence-corrected chi connectivity index (χ4v) is 2.27. The Bertz CT molecular complexity index is 511. The Morgan fingerprint density at radius 2 is 1.95 bits per heavy atom.